The van der Waals surface area contributed by atoms with Crippen LogP contribution in [0.25, 0.3) is 6.08 Å². The van der Waals surface area contributed by atoms with Crippen molar-refractivity contribution in [3.63, 3.8) is 0 Å². The lowest BCUT2D eigenvalue weighted by Gasteiger charge is -2.31. The average Bonchev–Trinajstić information content (AvgIpc) is 2.52. The van der Waals surface area contributed by atoms with Gasteiger partial charge in [0.25, 0.3) is 0 Å². The second-order valence-corrected chi connectivity index (χ2v) is 6.45. The lowest BCUT2D eigenvalue weighted by molar-refractivity contribution is -0.116. The molecule has 1 aromatic carbocycles. The molecular formula is C17H23BrN2O. The first-order chi connectivity index (χ1) is 10.2. The Labute approximate surface area is 135 Å². The molecule has 114 valence electrons. The van der Waals surface area contributed by atoms with Gasteiger partial charge in [0.05, 0.1) is 0 Å². The molecule has 0 aromatic heterocycles. The minimum atomic E-state index is -0.00783. The smallest absolute Gasteiger partial charge is 0.244 e. The van der Waals surface area contributed by atoms with Crippen LogP contribution in [0.3, 0.4) is 0 Å². The van der Waals surface area contributed by atoms with E-state index in [4.69, 9.17) is 0 Å². The average molecular weight is 351 g/mol. The third-order valence-electron chi connectivity index (χ3n) is 3.91. The molecule has 1 aliphatic rings. The molecule has 0 saturated carbocycles. The zero-order chi connectivity index (χ0) is 15.1. The van der Waals surface area contributed by atoms with Gasteiger partial charge < -0.3 is 10.2 Å². The Kier molecular flexibility index (Phi) is 6.46. The highest BCUT2D eigenvalue weighted by molar-refractivity contribution is 9.10. The fourth-order valence-corrected chi connectivity index (χ4v) is 2.92. The summed E-state index contributed by atoms with van der Waals surface area (Å²) in [5.41, 5.74) is 1.03. The third-order valence-corrected chi connectivity index (χ3v) is 4.44. The SMILES string of the molecule is CCN1CCC[C@@H](CNC(=O)/C=C/c2ccc(Br)cc2)C1. The van der Waals surface area contributed by atoms with Crippen molar-refractivity contribution in [3.05, 3.63) is 40.4 Å². The van der Waals surface area contributed by atoms with Crippen LogP contribution in [0.4, 0.5) is 0 Å². The Balaban J connectivity index is 1.75. The maximum Gasteiger partial charge on any atom is 0.244 e. The van der Waals surface area contributed by atoms with E-state index in [0.717, 1.165) is 29.7 Å². The van der Waals surface area contributed by atoms with Crippen LogP contribution in [0.15, 0.2) is 34.8 Å². The van der Waals surface area contributed by atoms with Crippen molar-refractivity contribution in [2.75, 3.05) is 26.2 Å². The molecule has 1 heterocycles. The van der Waals surface area contributed by atoms with Crippen LogP contribution in [0.1, 0.15) is 25.3 Å². The molecule has 1 amide bonds. The van der Waals surface area contributed by atoms with Gasteiger partial charge in [-0.05, 0) is 55.6 Å². The zero-order valence-corrected chi connectivity index (χ0v) is 14.1. The molecule has 1 aromatic rings. The van der Waals surface area contributed by atoms with E-state index in [0.29, 0.717) is 5.92 Å². The number of nitrogens with one attached hydrogen (secondary N) is 1. The number of benzene rings is 1. The number of amides is 1. The van der Waals surface area contributed by atoms with E-state index >= 15 is 0 Å². The van der Waals surface area contributed by atoms with Crippen molar-refractivity contribution >= 4 is 27.9 Å². The van der Waals surface area contributed by atoms with Gasteiger partial charge in [-0.3, -0.25) is 4.79 Å². The first kappa shape index (κ1) is 16.2. The molecular weight excluding hydrogens is 328 g/mol. The van der Waals surface area contributed by atoms with E-state index in [1.807, 2.05) is 30.3 Å². The lowest BCUT2D eigenvalue weighted by atomic mass is 9.98. The van der Waals surface area contributed by atoms with Gasteiger partial charge >= 0.3 is 0 Å². The fraction of sp³-hybridized carbons (Fsp3) is 0.471. The highest BCUT2D eigenvalue weighted by atomic mass is 79.9. The maximum atomic E-state index is 11.9. The summed E-state index contributed by atoms with van der Waals surface area (Å²) in [6.07, 6.45) is 5.92. The summed E-state index contributed by atoms with van der Waals surface area (Å²) in [6.45, 7) is 6.38. The second kappa shape index (κ2) is 8.35. The fourth-order valence-electron chi connectivity index (χ4n) is 2.65. The number of halogens is 1. The van der Waals surface area contributed by atoms with Crippen LogP contribution in [0.2, 0.25) is 0 Å². The Hall–Kier alpha value is -1.13. The number of nitrogens with zero attached hydrogens (tertiary/aromatic N) is 1. The van der Waals surface area contributed by atoms with Gasteiger partial charge in [-0.1, -0.05) is 35.0 Å². The van der Waals surface area contributed by atoms with Crippen LogP contribution < -0.4 is 5.32 Å². The van der Waals surface area contributed by atoms with Crippen LogP contribution in [0, 0.1) is 5.92 Å². The summed E-state index contributed by atoms with van der Waals surface area (Å²) in [6, 6.07) is 7.90. The highest BCUT2D eigenvalue weighted by Crippen LogP contribution is 2.15. The largest absolute Gasteiger partial charge is 0.352 e. The lowest BCUT2D eigenvalue weighted by Crippen LogP contribution is -2.40. The van der Waals surface area contributed by atoms with E-state index < -0.39 is 0 Å². The molecule has 0 radical (unpaired) electrons. The maximum absolute atomic E-state index is 11.9. The first-order valence-electron chi connectivity index (χ1n) is 7.61. The molecule has 0 unspecified atom stereocenters. The number of hydrogen-bond acceptors (Lipinski definition) is 2. The highest BCUT2D eigenvalue weighted by Gasteiger charge is 2.18. The number of carbonyl (C=O) groups excluding carboxylic acids is 1. The zero-order valence-electron chi connectivity index (χ0n) is 12.5. The van der Waals surface area contributed by atoms with Crippen molar-refractivity contribution < 1.29 is 4.79 Å². The number of rotatable bonds is 5. The van der Waals surface area contributed by atoms with Gasteiger partial charge in [-0.15, -0.1) is 0 Å². The Bertz CT molecular complexity index is 484. The van der Waals surface area contributed by atoms with E-state index in [1.54, 1.807) is 6.08 Å². The summed E-state index contributed by atoms with van der Waals surface area (Å²) < 4.78 is 1.04. The number of carbonyl (C=O) groups is 1. The van der Waals surface area contributed by atoms with E-state index in [-0.39, 0.29) is 5.91 Å². The molecule has 0 spiro atoms. The van der Waals surface area contributed by atoms with E-state index in [1.165, 1.54) is 19.4 Å². The van der Waals surface area contributed by atoms with Crippen molar-refractivity contribution in [1.82, 2.24) is 10.2 Å². The van der Waals surface area contributed by atoms with Gasteiger partial charge in [-0.25, -0.2) is 0 Å². The summed E-state index contributed by atoms with van der Waals surface area (Å²) in [5, 5.41) is 3.02. The summed E-state index contributed by atoms with van der Waals surface area (Å²) in [5.74, 6) is 0.579. The second-order valence-electron chi connectivity index (χ2n) is 5.53. The number of piperidine rings is 1. The van der Waals surface area contributed by atoms with E-state index in [2.05, 4.69) is 33.1 Å². The summed E-state index contributed by atoms with van der Waals surface area (Å²) in [7, 11) is 0. The molecule has 1 fully saturated rings. The minimum Gasteiger partial charge on any atom is -0.352 e. The molecule has 1 aliphatic heterocycles. The molecule has 1 atom stereocenters. The summed E-state index contributed by atoms with van der Waals surface area (Å²) in [4.78, 5) is 14.3. The molecule has 0 bridgehead atoms. The Morgan fingerprint density at radius 3 is 2.90 bits per heavy atom. The number of likely N-dealkylation sites (tertiary alicyclic amines) is 1. The van der Waals surface area contributed by atoms with Gasteiger partial charge in [0.2, 0.25) is 5.91 Å². The van der Waals surface area contributed by atoms with Gasteiger partial charge in [0.15, 0.2) is 0 Å². The predicted molar refractivity (Wildman–Crippen MR) is 91.0 cm³/mol. The summed E-state index contributed by atoms with van der Waals surface area (Å²) >= 11 is 3.40. The standard InChI is InChI=1S/C17H23BrN2O/c1-2-20-11-3-4-15(13-20)12-19-17(21)10-7-14-5-8-16(18)9-6-14/h5-10,15H,2-4,11-13H2,1H3,(H,19,21)/b10-7+/t15-/m0/s1. The third kappa shape index (κ3) is 5.64. The van der Waals surface area contributed by atoms with Crippen molar-refractivity contribution in [1.29, 1.82) is 0 Å². The van der Waals surface area contributed by atoms with Crippen molar-refractivity contribution in [2.24, 2.45) is 5.92 Å². The Morgan fingerprint density at radius 1 is 1.43 bits per heavy atom. The quantitative estimate of drug-likeness (QED) is 0.826. The van der Waals surface area contributed by atoms with Crippen LogP contribution >= 0.6 is 15.9 Å². The van der Waals surface area contributed by atoms with Crippen LogP contribution in [0.5, 0.6) is 0 Å². The molecule has 3 nitrogen and oxygen atoms in total. The Morgan fingerprint density at radius 2 is 2.19 bits per heavy atom. The molecule has 2 rings (SSSR count). The van der Waals surface area contributed by atoms with Crippen LogP contribution in [-0.2, 0) is 4.79 Å². The molecule has 1 N–H and O–H groups in total. The van der Waals surface area contributed by atoms with Crippen molar-refractivity contribution in [2.45, 2.75) is 19.8 Å². The predicted octanol–water partition coefficient (Wildman–Crippen LogP) is 3.31. The normalized spacial score (nSPS) is 19.8. The van der Waals surface area contributed by atoms with Crippen LogP contribution in [-0.4, -0.2) is 37.0 Å². The molecule has 0 aliphatic carbocycles. The topological polar surface area (TPSA) is 32.3 Å². The van der Waals surface area contributed by atoms with Crippen molar-refractivity contribution in [3.8, 4) is 0 Å². The minimum absolute atomic E-state index is 0.00783. The molecule has 1 saturated heterocycles. The van der Waals surface area contributed by atoms with Gasteiger partial charge in [-0.2, -0.15) is 0 Å². The first-order valence-corrected chi connectivity index (χ1v) is 8.40. The van der Waals surface area contributed by atoms with E-state index in [9.17, 15) is 4.79 Å². The monoisotopic (exact) mass is 350 g/mol. The molecule has 4 heteroatoms. The molecule has 21 heavy (non-hydrogen) atoms. The number of hydrogen-bond donors (Lipinski definition) is 1. The van der Waals surface area contributed by atoms with Gasteiger partial charge in [0, 0.05) is 23.6 Å². The van der Waals surface area contributed by atoms with Gasteiger partial charge in [0.1, 0.15) is 0 Å².